The van der Waals surface area contributed by atoms with Gasteiger partial charge >= 0.3 is 0 Å². The summed E-state index contributed by atoms with van der Waals surface area (Å²) in [5.41, 5.74) is 2.55. The number of hydrogen-bond acceptors (Lipinski definition) is 5. The summed E-state index contributed by atoms with van der Waals surface area (Å²) in [7, 11) is -2.13. The highest BCUT2D eigenvalue weighted by Crippen LogP contribution is 2.25. The first-order valence-corrected chi connectivity index (χ1v) is 10.9. The van der Waals surface area contributed by atoms with Crippen LogP contribution in [0.5, 0.6) is 5.75 Å². The lowest BCUT2D eigenvalue weighted by atomic mass is 10.1. The molecule has 1 aliphatic heterocycles. The van der Waals surface area contributed by atoms with Crippen LogP contribution in [-0.2, 0) is 16.6 Å². The van der Waals surface area contributed by atoms with Crippen molar-refractivity contribution in [2.45, 2.75) is 25.3 Å². The van der Waals surface area contributed by atoms with Crippen molar-refractivity contribution in [1.29, 1.82) is 0 Å². The highest BCUT2D eigenvalue weighted by Gasteiger charge is 2.32. The largest absolute Gasteiger partial charge is 0.496 e. The number of quaternary nitrogens is 1. The van der Waals surface area contributed by atoms with Crippen molar-refractivity contribution in [3.8, 4) is 5.75 Å². The Kier molecular flexibility index (Phi) is 6.21. The Balaban J connectivity index is 1.73. The lowest BCUT2D eigenvalue weighted by Crippen LogP contribution is -3.13. The number of nitrogens with zero attached hydrogens (tertiary/aromatic N) is 2. The van der Waals surface area contributed by atoms with Crippen LogP contribution in [0.15, 0.2) is 41.3 Å². The van der Waals surface area contributed by atoms with Crippen LogP contribution in [0.3, 0.4) is 0 Å². The molecule has 0 spiro atoms. The number of ether oxygens (including phenoxy) is 1. The predicted octanol–water partition coefficient (Wildman–Crippen LogP) is 1.31. The molecule has 1 aliphatic rings. The van der Waals surface area contributed by atoms with Gasteiger partial charge in [-0.1, -0.05) is 17.7 Å². The van der Waals surface area contributed by atoms with Crippen molar-refractivity contribution in [2.75, 3.05) is 33.3 Å². The van der Waals surface area contributed by atoms with E-state index in [-0.39, 0.29) is 10.6 Å². The molecule has 2 aromatic rings. The summed E-state index contributed by atoms with van der Waals surface area (Å²) in [5.74, 6) is 0.838. The Hall–Kier alpha value is -2.49. The van der Waals surface area contributed by atoms with E-state index >= 15 is 0 Å². The summed E-state index contributed by atoms with van der Waals surface area (Å²) in [6, 6.07) is 10.0. The SMILES string of the molecule is COc1ccc(C)cc1C[NH+]1CCN(S(=O)(=O)c2cc([N+](=O)[O-])ccc2C)CC1. The number of benzene rings is 2. The number of nitrogens with one attached hydrogen (secondary N) is 1. The maximum Gasteiger partial charge on any atom is 0.270 e. The van der Waals surface area contributed by atoms with Gasteiger partial charge in [0.15, 0.2) is 0 Å². The Bertz CT molecular complexity index is 1010. The number of sulfonamides is 1. The van der Waals surface area contributed by atoms with Crippen molar-refractivity contribution in [1.82, 2.24) is 4.31 Å². The maximum absolute atomic E-state index is 13.1. The molecule has 156 valence electrons. The van der Waals surface area contributed by atoms with Crippen LogP contribution < -0.4 is 9.64 Å². The first kappa shape index (κ1) is 21.2. The summed E-state index contributed by atoms with van der Waals surface area (Å²) in [6.45, 7) is 6.50. The molecule has 9 heteroatoms. The minimum Gasteiger partial charge on any atom is -0.496 e. The molecule has 0 aromatic heterocycles. The van der Waals surface area contributed by atoms with Crippen LogP contribution in [-0.4, -0.2) is 50.9 Å². The van der Waals surface area contributed by atoms with Gasteiger partial charge in [-0.05, 0) is 31.5 Å². The summed E-state index contributed by atoms with van der Waals surface area (Å²) in [6.07, 6.45) is 0. The average Bonchev–Trinajstić information content (AvgIpc) is 2.68. The molecule has 29 heavy (non-hydrogen) atoms. The van der Waals surface area contributed by atoms with Gasteiger partial charge in [0.25, 0.3) is 5.69 Å². The average molecular weight is 421 g/mol. The van der Waals surface area contributed by atoms with Gasteiger partial charge in [-0.3, -0.25) is 10.1 Å². The van der Waals surface area contributed by atoms with Gasteiger partial charge in [0.1, 0.15) is 12.3 Å². The molecule has 0 atom stereocenters. The van der Waals surface area contributed by atoms with Crippen LogP contribution in [0.25, 0.3) is 0 Å². The molecule has 1 fully saturated rings. The maximum atomic E-state index is 13.1. The fourth-order valence-electron chi connectivity index (χ4n) is 3.65. The minimum atomic E-state index is -3.77. The molecule has 1 saturated heterocycles. The number of hydrogen-bond donors (Lipinski definition) is 1. The van der Waals surface area contributed by atoms with Crippen molar-refractivity contribution in [2.24, 2.45) is 0 Å². The zero-order valence-corrected chi connectivity index (χ0v) is 17.7. The monoisotopic (exact) mass is 420 g/mol. The van der Waals surface area contributed by atoms with Gasteiger partial charge in [-0.2, -0.15) is 4.31 Å². The molecule has 0 bridgehead atoms. The van der Waals surface area contributed by atoms with Crippen LogP contribution in [0.2, 0.25) is 0 Å². The zero-order chi connectivity index (χ0) is 21.2. The fourth-order valence-corrected chi connectivity index (χ4v) is 5.34. The van der Waals surface area contributed by atoms with Crippen LogP contribution in [0.4, 0.5) is 5.69 Å². The van der Waals surface area contributed by atoms with E-state index in [1.54, 1.807) is 14.0 Å². The number of non-ortho nitro benzene ring substituents is 1. The summed E-state index contributed by atoms with van der Waals surface area (Å²) in [5, 5.41) is 11.0. The van der Waals surface area contributed by atoms with E-state index < -0.39 is 14.9 Å². The molecule has 0 aliphatic carbocycles. The molecule has 0 amide bonds. The summed E-state index contributed by atoms with van der Waals surface area (Å²) < 4.78 is 33.0. The topological polar surface area (TPSA) is 94.2 Å². The Morgan fingerprint density at radius 1 is 1.14 bits per heavy atom. The molecule has 0 unspecified atom stereocenters. The van der Waals surface area contributed by atoms with E-state index in [1.165, 1.54) is 21.3 Å². The van der Waals surface area contributed by atoms with Gasteiger partial charge < -0.3 is 9.64 Å². The molecule has 1 N–H and O–H groups in total. The van der Waals surface area contributed by atoms with Crippen molar-refractivity contribution in [3.63, 3.8) is 0 Å². The van der Waals surface area contributed by atoms with Crippen LogP contribution in [0.1, 0.15) is 16.7 Å². The third-order valence-corrected chi connectivity index (χ3v) is 7.35. The molecule has 3 rings (SSSR count). The van der Waals surface area contributed by atoms with E-state index in [0.29, 0.717) is 31.7 Å². The van der Waals surface area contributed by atoms with E-state index in [9.17, 15) is 18.5 Å². The Morgan fingerprint density at radius 3 is 2.45 bits per heavy atom. The molecule has 1 heterocycles. The van der Waals surface area contributed by atoms with Gasteiger partial charge in [0.2, 0.25) is 10.0 Å². The third kappa shape index (κ3) is 4.58. The first-order valence-electron chi connectivity index (χ1n) is 9.44. The zero-order valence-electron chi connectivity index (χ0n) is 16.8. The highest BCUT2D eigenvalue weighted by atomic mass is 32.2. The van der Waals surface area contributed by atoms with Gasteiger partial charge in [-0.25, -0.2) is 8.42 Å². The fraction of sp³-hybridized carbons (Fsp3) is 0.400. The normalized spacial score (nSPS) is 16.0. The number of nitro groups is 1. The van der Waals surface area contributed by atoms with Crippen LogP contribution >= 0.6 is 0 Å². The summed E-state index contributed by atoms with van der Waals surface area (Å²) >= 11 is 0. The number of methoxy groups -OCH3 is 1. The first-order chi connectivity index (χ1) is 13.7. The van der Waals surface area contributed by atoms with E-state index in [0.717, 1.165) is 29.5 Å². The Morgan fingerprint density at radius 2 is 1.83 bits per heavy atom. The molecule has 0 saturated carbocycles. The lowest BCUT2D eigenvalue weighted by molar-refractivity contribution is -0.917. The Labute approximate surface area is 170 Å². The van der Waals surface area contributed by atoms with Gasteiger partial charge in [0.05, 0.1) is 43.1 Å². The van der Waals surface area contributed by atoms with Crippen molar-refractivity contribution < 1.29 is 23.0 Å². The minimum absolute atomic E-state index is 0.00973. The number of aryl methyl sites for hydroxylation is 2. The van der Waals surface area contributed by atoms with Crippen molar-refractivity contribution >= 4 is 15.7 Å². The molecule has 0 radical (unpaired) electrons. The highest BCUT2D eigenvalue weighted by molar-refractivity contribution is 7.89. The van der Waals surface area contributed by atoms with Gasteiger partial charge in [0, 0.05) is 17.7 Å². The number of rotatable bonds is 6. The van der Waals surface area contributed by atoms with Crippen molar-refractivity contribution in [3.05, 3.63) is 63.2 Å². The molecular formula is C20H26N3O5S+. The molecule has 2 aromatic carbocycles. The second-order valence-electron chi connectivity index (χ2n) is 7.35. The third-order valence-electron chi connectivity index (χ3n) is 5.31. The summed E-state index contributed by atoms with van der Waals surface area (Å²) in [4.78, 5) is 11.8. The molecule has 8 nitrogen and oxygen atoms in total. The van der Waals surface area contributed by atoms with Crippen LogP contribution in [0, 0.1) is 24.0 Å². The number of piperazine rings is 1. The molecular weight excluding hydrogens is 394 g/mol. The second-order valence-corrected chi connectivity index (χ2v) is 9.26. The smallest absolute Gasteiger partial charge is 0.270 e. The van der Waals surface area contributed by atoms with E-state index in [1.807, 2.05) is 19.1 Å². The van der Waals surface area contributed by atoms with E-state index in [2.05, 4.69) is 6.07 Å². The number of nitro benzene ring substituents is 1. The predicted molar refractivity (Wildman–Crippen MR) is 109 cm³/mol. The van der Waals surface area contributed by atoms with E-state index in [4.69, 9.17) is 4.74 Å². The van der Waals surface area contributed by atoms with Gasteiger partial charge in [-0.15, -0.1) is 0 Å². The second kappa shape index (κ2) is 8.48. The lowest BCUT2D eigenvalue weighted by Gasteiger charge is -2.32. The standard InChI is InChI=1S/C20H25N3O5S/c1-15-4-7-19(28-3)17(12-15)14-21-8-10-22(11-9-21)29(26,27)20-13-18(23(24)25)6-5-16(20)2/h4-7,12-13H,8-11,14H2,1-3H3/p+1. The quantitative estimate of drug-likeness (QED) is 0.562.